The van der Waals surface area contributed by atoms with Gasteiger partial charge in [-0.3, -0.25) is 0 Å². The molecule has 108 valence electrons. The molecule has 0 radical (unpaired) electrons. The van der Waals surface area contributed by atoms with Crippen LogP contribution in [0.4, 0.5) is 0 Å². The molecule has 3 nitrogen and oxygen atoms in total. The topological polar surface area (TPSA) is 24.5 Å². The second-order valence-corrected chi connectivity index (χ2v) is 5.68. The maximum Gasteiger partial charge on any atom is 0.0478 e. The molecule has 0 aromatic rings. The lowest BCUT2D eigenvalue weighted by Gasteiger charge is -2.24. The molecule has 18 heavy (non-hydrogen) atoms. The molecular weight excluding hydrogens is 224 g/mol. The van der Waals surface area contributed by atoms with Crippen molar-refractivity contribution < 1.29 is 4.74 Å². The second-order valence-electron chi connectivity index (χ2n) is 5.68. The van der Waals surface area contributed by atoms with Crippen molar-refractivity contribution in [3.63, 3.8) is 0 Å². The minimum absolute atomic E-state index is 0.700. The fraction of sp³-hybridized carbons (Fsp3) is 1.00. The molecule has 1 aliphatic heterocycles. The van der Waals surface area contributed by atoms with Gasteiger partial charge in [0.15, 0.2) is 0 Å². The monoisotopic (exact) mass is 256 g/mol. The summed E-state index contributed by atoms with van der Waals surface area (Å²) in [6.45, 7) is 12.2. The van der Waals surface area contributed by atoms with Gasteiger partial charge in [-0.25, -0.2) is 0 Å². The smallest absolute Gasteiger partial charge is 0.0478 e. The van der Waals surface area contributed by atoms with Crippen molar-refractivity contribution in [2.75, 3.05) is 32.8 Å². The van der Waals surface area contributed by atoms with E-state index in [1.54, 1.807) is 0 Å². The Morgan fingerprint density at radius 2 is 2.06 bits per heavy atom. The molecule has 1 rings (SSSR count). The van der Waals surface area contributed by atoms with Gasteiger partial charge in [0.1, 0.15) is 0 Å². The Morgan fingerprint density at radius 3 is 2.78 bits per heavy atom. The van der Waals surface area contributed by atoms with E-state index >= 15 is 0 Å². The summed E-state index contributed by atoms with van der Waals surface area (Å²) in [6, 6.07) is 1.42. The van der Waals surface area contributed by atoms with Gasteiger partial charge in [0.05, 0.1) is 0 Å². The Labute approximate surface area is 113 Å². The Bertz CT molecular complexity index is 197. The number of likely N-dealkylation sites (tertiary alicyclic amines) is 1. The summed E-state index contributed by atoms with van der Waals surface area (Å²) in [7, 11) is 0. The van der Waals surface area contributed by atoms with Crippen LogP contribution in [0.2, 0.25) is 0 Å². The molecule has 0 aromatic carbocycles. The van der Waals surface area contributed by atoms with Gasteiger partial charge in [-0.1, -0.05) is 6.92 Å². The molecule has 1 N–H and O–H groups in total. The highest BCUT2D eigenvalue weighted by Crippen LogP contribution is 2.13. The van der Waals surface area contributed by atoms with E-state index in [4.69, 9.17) is 4.74 Å². The van der Waals surface area contributed by atoms with Gasteiger partial charge in [0.2, 0.25) is 0 Å². The third-order valence-corrected chi connectivity index (χ3v) is 3.74. The van der Waals surface area contributed by atoms with Crippen molar-refractivity contribution >= 4 is 0 Å². The minimum Gasteiger partial charge on any atom is -0.381 e. The maximum absolute atomic E-state index is 5.50. The van der Waals surface area contributed by atoms with Crippen molar-refractivity contribution in [1.82, 2.24) is 10.2 Å². The minimum atomic E-state index is 0.700. The van der Waals surface area contributed by atoms with Gasteiger partial charge >= 0.3 is 0 Å². The van der Waals surface area contributed by atoms with Crippen LogP contribution in [0.1, 0.15) is 52.9 Å². The molecule has 0 bridgehead atoms. The van der Waals surface area contributed by atoms with E-state index in [2.05, 4.69) is 31.0 Å². The lowest BCUT2D eigenvalue weighted by molar-refractivity contribution is 0.131. The highest BCUT2D eigenvalue weighted by molar-refractivity contribution is 4.76. The SMILES string of the molecule is CCCOCCCNC1CCCN(C(C)C)CC1. The van der Waals surface area contributed by atoms with Crippen molar-refractivity contribution in [2.24, 2.45) is 0 Å². The third-order valence-electron chi connectivity index (χ3n) is 3.74. The standard InChI is InChI=1S/C15H32N2O/c1-4-12-18-13-6-9-16-15-7-5-10-17(11-8-15)14(2)3/h14-16H,4-13H2,1-3H3. The summed E-state index contributed by atoms with van der Waals surface area (Å²) in [5.74, 6) is 0. The van der Waals surface area contributed by atoms with Gasteiger partial charge in [-0.2, -0.15) is 0 Å². The molecule has 1 fully saturated rings. The van der Waals surface area contributed by atoms with Gasteiger partial charge in [0.25, 0.3) is 0 Å². The Kier molecular flexibility index (Phi) is 8.64. The molecule has 0 saturated carbocycles. The van der Waals surface area contributed by atoms with Crippen LogP contribution in [0.15, 0.2) is 0 Å². The van der Waals surface area contributed by atoms with Crippen LogP contribution in [-0.4, -0.2) is 49.8 Å². The van der Waals surface area contributed by atoms with Gasteiger partial charge < -0.3 is 15.0 Å². The van der Waals surface area contributed by atoms with E-state index in [1.807, 2.05) is 0 Å². The van der Waals surface area contributed by atoms with Crippen molar-refractivity contribution in [3.8, 4) is 0 Å². The van der Waals surface area contributed by atoms with Crippen LogP contribution in [0.3, 0.4) is 0 Å². The zero-order valence-corrected chi connectivity index (χ0v) is 12.6. The van der Waals surface area contributed by atoms with E-state index in [1.165, 1.54) is 32.4 Å². The molecule has 1 atom stereocenters. The third kappa shape index (κ3) is 6.72. The lowest BCUT2D eigenvalue weighted by atomic mass is 10.1. The Balaban J connectivity index is 2.05. The van der Waals surface area contributed by atoms with Gasteiger partial charge in [-0.05, 0) is 65.6 Å². The summed E-state index contributed by atoms with van der Waals surface area (Å²) < 4.78 is 5.50. The molecule has 1 saturated heterocycles. The zero-order valence-electron chi connectivity index (χ0n) is 12.6. The van der Waals surface area contributed by atoms with E-state index in [-0.39, 0.29) is 0 Å². The van der Waals surface area contributed by atoms with Crippen molar-refractivity contribution in [2.45, 2.75) is 65.0 Å². The van der Waals surface area contributed by atoms with E-state index in [0.717, 1.165) is 38.6 Å². The van der Waals surface area contributed by atoms with E-state index in [0.29, 0.717) is 6.04 Å². The summed E-state index contributed by atoms with van der Waals surface area (Å²) in [6.07, 6.45) is 6.24. The summed E-state index contributed by atoms with van der Waals surface area (Å²) in [4.78, 5) is 2.60. The summed E-state index contributed by atoms with van der Waals surface area (Å²) in [5, 5.41) is 3.69. The highest BCUT2D eigenvalue weighted by Gasteiger charge is 2.17. The summed E-state index contributed by atoms with van der Waals surface area (Å²) in [5.41, 5.74) is 0. The molecule has 1 unspecified atom stereocenters. The highest BCUT2D eigenvalue weighted by atomic mass is 16.5. The first-order valence-electron chi connectivity index (χ1n) is 7.79. The number of hydrogen-bond donors (Lipinski definition) is 1. The van der Waals surface area contributed by atoms with Crippen LogP contribution in [-0.2, 0) is 4.74 Å². The number of nitrogens with zero attached hydrogens (tertiary/aromatic N) is 1. The van der Waals surface area contributed by atoms with Crippen LogP contribution in [0, 0.1) is 0 Å². The molecule has 3 heteroatoms. The molecule has 1 aliphatic rings. The van der Waals surface area contributed by atoms with E-state index in [9.17, 15) is 0 Å². The molecule has 0 spiro atoms. The normalized spacial score (nSPS) is 22.3. The fourth-order valence-corrected chi connectivity index (χ4v) is 2.57. The first-order chi connectivity index (χ1) is 8.74. The maximum atomic E-state index is 5.50. The van der Waals surface area contributed by atoms with Crippen LogP contribution < -0.4 is 5.32 Å². The predicted octanol–water partition coefficient (Wildman–Crippen LogP) is 2.66. The first kappa shape index (κ1) is 15.9. The molecule has 0 aromatic heterocycles. The number of rotatable bonds is 8. The Morgan fingerprint density at radius 1 is 1.22 bits per heavy atom. The zero-order chi connectivity index (χ0) is 13.2. The predicted molar refractivity (Wildman–Crippen MR) is 78.1 cm³/mol. The average Bonchev–Trinajstić information content (AvgIpc) is 2.59. The van der Waals surface area contributed by atoms with Crippen LogP contribution in [0.25, 0.3) is 0 Å². The lowest BCUT2D eigenvalue weighted by Crippen LogP contribution is -2.34. The number of nitrogens with one attached hydrogen (secondary N) is 1. The molecule has 0 amide bonds. The number of hydrogen-bond acceptors (Lipinski definition) is 3. The second kappa shape index (κ2) is 9.76. The summed E-state index contributed by atoms with van der Waals surface area (Å²) >= 11 is 0. The van der Waals surface area contributed by atoms with Crippen LogP contribution >= 0.6 is 0 Å². The van der Waals surface area contributed by atoms with E-state index < -0.39 is 0 Å². The Hall–Kier alpha value is -0.120. The van der Waals surface area contributed by atoms with Gasteiger partial charge in [-0.15, -0.1) is 0 Å². The van der Waals surface area contributed by atoms with Crippen molar-refractivity contribution in [3.05, 3.63) is 0 Å². The molecular formula is C15H32N2O. The molecule has 1 heterocycles. The number of ether oxygens (including phenoxy) is 1. The average molecular weight is 256 g/mol. The quantitative estimate of drug-likeness (QED) is 0.676. The van der Waals surface area contributed by atoms with Gasteiger partial charge in [0, 0.05) is 25.3 Å². The first-order valence-corrected chi connectivity index (χ1v) is 7.79. The van der Waals surface area contributed by atoms with Crippen LogP contribution in [0.5, 0.6) is 0 Å². The largest absolute Gasteiger partial charge is 0.381 e. The fourth-order valence-electron chi connectivity index (χ4n) is 2.57. The van der Waals surface area contributed by atoms with Crippen molar-refractivity contribution in [1.29, 1.82) is 0 Å². The molecule has 0 aliphatic carbocycles.